The van der Waals surface area contributed by atoms with Crippen molar-refractivity contribution in [3.8, 4) is 0 Å². The molecule has 1 rings (SSSR count). The molecule has 14 heavy (non-hydrogen) atoms. The predicted octanol–water partition coefficient (Wildman–Crippen LogP) is 1.96. The van der Waals surface area contributed by atoms with Crippen molar-refractivity contribution >= 4 is 0 Å². The van der Waals surface area contributed by atoms with Crippen LogP contribution in [-0.4, -0.2) is 36.6 Å². The van der Waals surface area contributed by atoms with Gasteiger partial charge in [-0.05, 0) is 25.7 Å². The Bertz CT molecular complexity index is 61.3. The van der Waals surface area contributed by atoms with E-state index in [4.69, 9.17) is 14.9 Å². The third kappa shape index (κ3) is 22.6. The summed E-state index contributed by atoms with van der Waals surface area (Å²) in [5, 5.41) is 15.9. The van der Waals surface area contributed by atoms with Gasteiger partial charge in [0.2, 0.25) is 0 Å². The van der Waals surface area contributed by atoms with E-state index in [1.54, 1.807) is 0 Å². The fraction of sp³-hybridized carbons (Fsp3) is 1.00. The minimum Gasteiger partial charge on any atom is -0.396 e. The normalized spacial score (nSPS) is 13.7. The van der Waals surface area contributed by atoms with Crippen LogP contribution in [-0.2, 0) is 4.74 Å². The molecule has 0 aromatic carbocycles. The molecule has 1 saturated heterocycles. The van der Waals surface area contributed by atoms with Crippen LogP contribution in [0.3, 0.4) is 0 Å². The van der Waals surface area contributed by atoms with Gasteiger partial charge in [-0.25, -0.2) is 0 Å². The van der Waals surface area contributed by atoms with Crippen molar-refractivity contribution < 1.29 is 14.9 Å². The number of rotatable bonds is 3. The second-order valence-corrected chi connectivity index (χ2v) is 3.12. The maximum absolute atomic E-state index is 8.07. The van der Waals surface area contributed by atoms with Gasteiger partial charge >= 0.3 is 0 Å². The van der Waals surface area contributed by atoms with E-state index >= 15 is 0 Å². The number of hydrogen-bond donors (Lipinski definition) is 2. The van der Waals surface area contributed by atoms with Gasteiger partial charge in [0, 0.05) is 26.4 Å². The minimum absolute atomic E-state index is 0.319. The highest BCUT2D eigenvalue weighted by Crippen LogP contribution is 1.98. The van der Waals surface area contributed by atoms with Gasteiger partial charge in [0.15, 0.2) is 0 Å². The van der Waals surface area contributed by atoms with E-state index in [9.17, 15) is 0 Å². The van der Waals surface area contributed by atoms with Crippen LogP contribution in [0.15, 0.2) is 0 Å². The SMILES string of the molecule is C1CCOC1.CCCCO.CCCO. The first-order valence-electron chi connectivity index (χ1n) is 5.62. The molecule has 0 spiro atoms. The summed E-state index contributed by atoms with van der Waals surface area (Å²) in [5.41, 5.74) is 0. The van der Waals surface area contributed by atoms with Crippen LogP contribution >= 0.6 is 0 Å². The molecule has 0 unspecified atom stereocenters. The van der Waals surface area contributed by atoms with Gasteiger partial charge in [0.25, 0.3) is 0 Å². The van der Waals surface area contributed by atoms with Gasteiger partial charge in [0.1, 0.15) is 0 Å². The maximum Gasteiger partial charge on any atom is 0.0466 e. The van der Waals surface area contributed by atoms with Crippen LogP contribution in [0.5, 0.6) is 0 Å². The number of aliphatic hydroxyl groups is 2. The largest absolute Gasteiger partial charge is 0.396 e. The molecule has 1 heterocycles. The Morgan fingerprint density at radius 1 is 0.929 bits per heavy atom. The third-order valence-electron chi connectivity index (χ3n) is 1.56. The van der Waals surface area contributed by atoms with Crippen molar-refractivity contribution in [3.05, 3.63) is 0 Å². The number of ether oxygens (including phenoxy) is 1. The third-order valence-corrected chi connectivity index (χ3v) is 1.56. The van der Waals surface area contributed by atoms with E-state index in [0.29, 0.717) is 13.2 Å². The fourth-order valence-electron chi connectivity index (χ4n) is 0.668. The Morgan fingerprint density at radius 3 is 1.50 bits per heavy atom. The van der Waals surface area contributed by atoms with Crippen molar-refractivity contribution in [1.29, 1.82) is 0 Å². The zero-order chi connectivity index (χ0) is 11.1. The lowest BCUT2D eigenvalue weighted by atomic mass is 10.4. The summed E-state index contributed by atoms with van der Waals surface area (Å²) in [4.78, 5) is 0. The van der Waals surface area contributed by atoms with Crippen molar-refractivity contribution in [2.45, 2.75) is 46.0 Å². The highest BCUT2D eigenvalue weighted by atomic mass is 16.5. The average molecular weight is 206 g/mol. The summed E-state index contributed by atoms with van der Waals surface area (Å²) in [6.45, 7) is 6.65. The van der Waals surface area contributed by atoms with E-state index in [1.165, 1.54) is 12.8 Å². The standard InChI is InChI=1S/C4H8O.C4H10O.C3H8O/c1-2-4-5-3-1;1-2-3-4-5;1-2-3-4/h1-4H2;5H,2-4H2,1H3;4H,2-3H2,1H3. The quantitative estimate of drug-likeness (QED) is 0.742. The first kappa shape index (κ1) is 16.3. The molecule has 1 aliphatic rings. The summed E-state index contributed by atoms with van der Waals surface area (Å²) in [7, 11) is 0. The molecule has 1 fully saturated rings. The summed E-state index contributed by atoms with van der Waals surface area (Å²) in [5.74, 6) is 0. The van der Waals surface area contributed by atoms with Gasteiger partial charge in [-0.2, -0.15) is 0 Å². The summed E-state index contributed by atoms with van der Waals surface area (Å²) in [6, 6.07) is 0. The molecule has 3 nitrogen and oxygen atoms in total. The molecule has 1 aliphatic heterocycles. The zero-order valence-electron chi connectivity index (χ0n) is 9.67. The van der Waals surface area contributed by atoms with E-state index in [1.807, 2.05) is 6.92 Å². The molecule has 0 saturated carbocycles. The molecule has 0 amide bonds. The molecule has 0 radical (unpaired) electrons. The van der Waals surface area contributed by atoms with E-state index in [-0.39, 0.29) is 0 Å². The van der Waals surface area contributed by atoms with Gasteiger partial charge in [-0.1, -0.05) is 20.3 Å². The zero-order valence-corrected chi connectivity index (χ0v) is 9.67. The van der Waals surface area contributed by atoms with Crippen LogP contribution in [0.25, 0.3) is 0 Å². The number of aliphatic hydroxyl groups excluding tert-OH is 2. The Morgan fingerprint density at radius 2 is 1.43 bits per heavy atom. The van der Waals surface area contributed by atoms with E-state index in [0.717, 1.165) is 32.5 Å². The Hall–Kier alpha value is -0.120. The highest BCUT2D eigenvalue weighted by molar-refractivity contribution is 4.43. The molecule has 2 N–H and O–H groups in total. The molecular formula is C11H26O3. The number of unbranched alkanes of at least 4 members (excludes halogenated alkanes) is 1. The lowest BCUT2D eigenvalue weighted by molar-refractivity contribution is 0.198. The Balaban J connectivity index is 0. The molecule has 3 heteroatoms. The second kappa shape index (κ2) is 18.6. The highest BCUT2D eigenvalue weighted by Gasteiger charge is 1.94. The van der Waals surface area contributed by atoms with Crippen LogP contribution in [0.2, 0.25) is 0 Å². The summed E-state index contributed by atoms with van der Waals surface area (Å²) < 4.78 is 4.94. The fourth-order valence-corrected chi connectivity index (χ4v) is 0.668. The van der Waals surface area contributed by atoms with E-state index in [2.05, 4.69) is 6.92 Å². The molecule has 0 aromatic heterocycles. The van der Waals surface area contributed by atoms with Gasteiger partial charge in [0.05, 0.1) is 0 Å². The maximum atomic E-state index is 8.07. The van der Waals surface area contributed by atoms with Gasteiger partial charge in [-0.3, -0.25) is 0 Å². The predicted molar refractivity (Wildman–Crippen MR) is 59.4 cm³/mol. The molecule has 0 aliphatic carbocycles. The lowest BCUT2D eigenvalue weighted by Crippen LogP contribution is -1.75. The summed E-state index contributed by atoms with van der Waals surface area (Å²) >= 11 is 0. The van der Waals surface area contributed by atoms with Crippen LogP contribution in [0.4, 0.5) is 0 Å². The van der Waals surface area contributed by atoms with Crippen LogP contribution < -0.4 is 0 Å². The van der Waals surface area contributed by atoms with Crippen molar-refractivity contribution in [2.75, 3.05) is 26.4 Å². The van der Waals surface area contributed by atoms with E-state index < -0.39 is 0 Å². The van der Waals surface area contributed by atoms with Crippen LogP contribution in [0, 0.1) is 0 Å². The topological polar surface area (TPSA) is 49.7 Å². The molecule has 88 valence electrons. The van der Waals surface area contributed by atoms with Gasteiger partial charge in [-0.15, -0.1) is 0 Å². The van der Waals surface area contributed by atoms with Crippen molar-refractivity contribution in [3.63, 3.8) is 0 Å². The lowest BCUT2D eigenvalue weighted by Gasteiger charge is -1.79. The molecule has 0 bridgehead atoms. The molecule has 0 aromatic rings. The van der Waals surface area contributed by atoms with Gasteiger partial charge < -0.3 is 14.9 Å². The minimum atomic E-state index is 0.319. The first-order chi connectivity index (χ1) is 6.83. The van der Waals surface area contributed by atoms with Crippen molar-refractivity contribution in [1.82, 2.24) is 0 Å². The number of hydrogen-bond acceptors (Lipinski definition) is 3. The van der Waals surface area contributed by atoms with Crippen molar-refractivity contribution in [2.24, 2.45) is 0 Å². The first-order valence-corrected chi connectivity index (χ1v) is 5.62. The molecule has 0 atom stereocenters. The Labute approximate surface area is 88.1 Å². The summed E-state index contributed by atoms with van der Waals surface area (Å²) in [6.07, 6.45) is 5.47. The molecular weight excluding hydrogens is 180 g/mol. The smallest absolute Gasteiger partial charge is 0.0466 e. The second-order valence-electron chi connectivity index (χ2n) is 3.12. The monoisotopic (exact) mass is 206 g/mol. The Kier molecular flexibility index (Phi) is 21.7. The van der Waals surface area contributed by atoms with Crippen LogP contribution in [0.1, 0.15) is 46.0 Å². The average Bonchev–Trinajstić information content (AvgIpc) is 2.78.